The number of urea groups is 1. The predicted octanol–water partition coefficient (Wildman–Crippen LogP) is 3.31. The lowest BCUT2D eigenvalue weighted by Gasteiger charge is -2.21. The van der Waals surface area contributed by atoms with E-state index in [0.29, 0.717) is 12.1 Å². The summed E-state index contributed by atoms with van der Waals surface area (Å²) < 4.78 is 28.6. The van der Waals surface area contributed by atoms with Crippen LogP contribution in [0.4, 0.5) is 10.5 Å². The highest BCUT2D eigenvalue weighted by Gasteiger charge is 2.24. The van der Waals surface area contributed by atoms with E-state index >= 15 is 0 Å². The van der Waals surface area contributed by atoms with Crippen LogP contribution in [0, 0.1) is 0 Å². The van der Waals surface area contributed by atoms with Crippen LogP contribution in [0.15, 0.2) is 29.2 Å². The van der Waals surface area contributed by atoms with Gasteiger partial charge >= 0.3 is 6.03 Å². The normalized spacial score (nSPS) is 15.4. The molecule has 0 saturated heterocycles. The highest BCUT2D eigenvalue weighted by molar-refractivity contribution is 7.89. The molecule has 0 bridgehead atoms. The van der Waals surface area contributed by atoms with Crippen molar-refractivity contribution in [3.8, 4) is 0 Å². The van der Waals surface area contributed by atoms with Crippen molar-refractivity contribution in [1.82, 2.24) is 24.4 Å². The number of amides is 2. The lowest BCUT2D eigenvalue weighted by atomic mass is 10.2. The standard InChI is InChI=1S/C21H32N6O3S/c1-5-18(20-25-24-19-9-7-6-8-14-27(19)20)23-21(28)22-16-10-12-17(13-11-16)31(29,30)26(4)15(2)3/h10-13,15,18H,5-9,14H2,1-4H3,(H2,22,23,28)/t18-/m1/s1. The van der Waals surface area contributed by atoms with Crippen molar-refractivity contribution in [3.63, 3.8) is 0 Å². The molecular formula is C21H32N6O3S. The van der Waals surface area contributed by atoms with E-state index in [-0.39, 0.29) is 23.0 Å². The van der Waals surface area contributed by atoms with Gasteiger partial charge < -0.3 is 15.2 Å². The van der Waals surface area contributed by atoms with Gasteiger partial charge in [0.1, 0.15) is 5.82 Å². The summed E-state index contributed by atoms with van der Waals surface area (Å²) in [5, 5.41) is 14.4. The number of anilines is 1. The van der Waals surface area contributed by atoms with Gasteiger partial charge in [0.15, 0.2) is 5.82 Å². The highest BCUT2D eigenvalue weighted by Crippen LogP contribution is 2.22. The first-order valence-electron chi connectivity index (χ1n) is 10.8. The molecule has 0 radical (unpaired) electrons. The Hall–Kier alpha value is -2.46. The van der Waals surface area contributed by atoms with E-state index in [1.165, 1.54) is 22.9 Å². The summed E-state index contributed by atoms with van der Waals surface area (Å²) in [4.78, 5) is 12.8. The van der Waals surface area contributed by atoms with Gasteiger partial charge in [0.05, 0.1) is 10.9 Å². The van der Waals surface area contributed by atoms with Crippen LogP contribution >= 0.6 is 0 Å². The van der Waals surface area contributed by atoms with Gasteiger partial charge in [-0.05, 0) is 57.4 Å². The van der Waals surface area contributed by atoms with Gasteiger partial charge in [0.25, 0.3) is 0 Å². The summed E-state index contributed by atoms with van der Waals surface area (Å²) in [5.41, 5.74) is 0.513. The number of sulfonamides is 1. The summed E-state index contributed by atoms with van der Waals surface area (Å²) in [5.74, 6) is 1.77. The number of hydrogen-bond donors (Lipinski definition) is 2. The number of aromatic nitrogens is 3. The number of hydrogen-bond acceptors (Lipinski definition) is 5. The minimum Gasteiger partial charge on any atom is -0.328 e. The fourth-order valence-electron chi connectivity index (χ4n) is 3.59. The first-order valence-corrected chi connectivity index (χ1v) is 12.3. The summed E-state index contributed by atoms with van der Waals surface area (Å²) in [6, 6.07) is 5.41. The molecule has 0 aliphatic carbocycles. The Kier molecular flexibility index (Phi) is 7.32. The van der Waals surface area contributed by atoms with Gasteiger partial charge in [-0.3, -0.25) is 0 Å². The Morgan fingerprint density at radius 2 is 1.87 bits per heavy atom. The molecule has 10 heteroatoms. The van der Waals surface area contributed by atoms with E-state index in [1.54, 1.807) is 19.2 Å². The van der Waals surface area contributed by atoms with Gasteiger partial charge in [-0.25, -0.2) is 13.2 Å². The Labute approximate surface area is 184 Å². The fourth-order valence-corrected chi connectivity index (χ4v) is 4.96. The van der Waals surface area contributed by atoms with Crippen molar-refractivity contribution in [2.45, 2.75) is 76.4 Å². The molecule has 2 N–H and O–H groups in total. The molecule has 1 aliphatic rings. The van der Waals surface area contributed by atoms with Gasteiger partial charge in [-0.1, -0.05) is 13.3 Å². The van der Waals surface area contributed by atoms with Crippen LogP contribution in [0.25, 0.3) is 0 Å². The van der Waals surface area contributed by atoms with Crippen LogP contribution < -0.4 is 10.6 Å². The third-order valence-corrected chi connectivity index (χ3v) is 7.73. The molecule has 1 aromatic carbocycles. The highest BCUT2D eigenvalue weighted by atomic mass is 32.2. The third-order valence-electron chi connectivity index (χ3n) is 5.68. The SMILES string of the molecule is CC[C@@H](NC(=O)Nc1ccc(S(=O)(=O)N(C)C(C)C)cc1)c1nnc2n1CCCCC2. The minimum atomic E-state index is -3.56. The summed E-state index contributed by atoms with van der Waals surface area (Å²) >= 11 is 0. The Bertz CT molecular complexity index is 1000. The molecule has 2 amide bonds. The van der Waals surface area contributed by atoms with E-state index in [1.807, 2.05) is 20.8 Å². The van der Waals surface area contributed by atoms with Gasteiger partial charge in [-0.15, -0.1) is 10.2 Å². The average molecular weight is 449 g/mol. The molecule has 0 fully saturated rings. The molecule has 0 saturated carbocycles. The van der Waals surface area contributed by atoms with Crippen molar-refractivity contribution in [1.29, 1.82) is 0 Å². The maximum Gasteiger partial charge on any atom is 0.319 e. The molecule has 9 nitrogen and oxygen atoms in total. The number of rotatable bonds is 7. The second-order valence-corrected chi connectivity index (χ2v) is 10.1. The molecule has 3 rings (SSSR count). The number of carbonyl (C=O) groups is 1. The molecule has 1 aromatic heterocycles. The molecule has 1 aliphatic heterocycles. The zero-order chi connectivity index (χ0) is 22.6. The topological polar surface area (TPSA) is 109 Å². The van der Waals surface area contributed by atoms with E-state index < -0.39 is 10.0 Å². The van der Waals surface area contributed by atoms with Crippen molar-refractivity contribution >= 4 is 21.7 Å². The van der Waals surface area contributed by atoms with Crippen molar-refractivity contribution in [3.05, 3.63) is 35.9 Å². The second-order valence-electron chi connectivity index (χ2n) is 8.14. The zero-order valence-corrected chi connectivity index (χ0v) is 19.4. The third kappa shape index (κ3) is 5.24. The predicted molar refractivity (Wildman–Crippen MR) is 119 cm³/mol. The van der Waals surface area contributed by atoms with Gasteiger partial charge in [0.2, 0.25) is 10.0 Å². The zero-order valence-electron chi connectivity index (χ0n) is 18.6. The van der Waals surface area contributed by atoms with Crippen LogP contribution in [0.2, 0.25) is 0 Å². The van der Waals surface area contributed by atoms with Crippen molar-refractivity contribution < 1.29 is 13.2 Å². The van der Waals surface area contributed by atoms with Gasteiger partial charge in [-0.2, -0.15) is 4.31 Å². The lowest BCUT2D eigenvalue weighted by molar-refractivity contribution is 0.247. The smallest absolute Gasteiger partial charge is 0.319 e. The largest absolute Gasteiger partial charge is 0.328 e. The first kappa shape index (κ1) is 23.2. The van der Waals surface area contributed by atoms with Crippen LogP contribution in [-0.2, 0) is 23.0 Å². The maximum atomic E-state index is 12.6. The fraction of sp³-hybridized carbons (Fsp3) is 0.571. The van der Waals surface area contributed by atoms with E-state index in [9.17, 15) is 13.2 Å². The minimum absolute atomic E-state index is 0.147. The summed E-state index contributed by atoms with van der Waals surface area (Å²) in [6.45, 7) is 6.50. The number of nitrogens with one attached hydrogen (secondary N) is 2. The second kappa shape index (κ2) is 9.78. The Balaban J connectivity index is 1.67. The maximum absolute atomic E-state index is 12.6. The molecule has 2 aromatic rings. The number of fused-ring (bicyclic) bond motifs is 1. The molecule has 0 spiro atoms. The van der Waals surface area contributed by atoms with E-state index in [2.05, 4.69) is 25.4 Å². The number of aryl methyl sites for hydroxylation is 1. The van der Waals surface area contributed by atoms with Crippen LogP contribution in [0.5, 0.6) is 0 Å². The molecule has 1 atom stereocenters. The number of nitrogens with zero attached hydrogens (tertiary/aromatic N) is 4. The van der Waals surface area contributed by atoms with Crippen molar-refractivity contribution in [2.24, 2.45) is 0 Å². The number of benzene rings is 1. The van der Waals surface area contributed by atoms with Crippen LogP contribution in [0.1, 0.15) is 64.1 Å². The van der Waals surface area contributed by atoms with E-state index in [4.69, 9.17) is 0 Å². The molecule has 31 heavy (non-hydrogen) atoms. The Morgan fingerprint density at radius 3 is 2.52 bits per heavy atom. The van der Waals surface area contributed by atoms with Crippen LogP contribution in [0.3, 0.4) is 0 Å². The Morgan fingerprint density at radius 1 is 1.16 bits per heavy atom. The lowest BCUT2D eigenvalue weighted by Crippen LogP contribution is -2.34. The monoisotopic (exact) mass is 448 g/mol. The molecule has 0 unspecified atom stereocenters. The molecular weight excluding hydrogens is 416 g/mol. The van der Waals surface area contributed by atoms with Crippen LogP contribution in [-0.4, -0.2) is 46.6 Å². The van der Waals surface area contributed by atoms with E-state index in [0.717, 1.165) is 37.5 Å². The number of carbonyl (C=O) groups excluding carboxylic acids is 1. The molecule has 2 heterocycles. The van der Waals surface area contributed by atoms with Gasteiger partial charge in [0, 0.05) is 31.7 Å². The van der Waals surface area contributed by atoms with Crippen molar-refractivity contribution in [2.75, 3.05) is 12.4 Å². The quantitative estimate of drug-likeness (QED) is 0.675. The molecule has 170 valence electrons. The summed E-state index contributed by atoms with van der Waals surface area (Å²) in [7, 11) is -2.01. The average Bonchev–Trinajstić information content (AvgIpc) is 2.99. The summed E-state index contributed by atoms with van der Waals surface area (Å²) in [6.07, 6.45) is 4.97. The first-order chi connectivity index (χ1) is 14.7.